The van der Waals surface area contributed by atoms with Crippen molar-refractivity contribution in [2.24, 2.45) is 0 Å². The molecule has 128 valence electrons. The molecule has 0 aromatic rings. The molecule has 0 bridgehead atoms. The smallest absolute Gasteiger partial charge is 0.335 e. The molecule has 0 saturated carbocycles. The fourth-order valence-electron chi connectivity index (χ4n) is 2.41. The van der Waals surface area contributed by atoms with Crippen LogP contribution in [0.1, 0.15) is 26.7 Å². The molecule has 8 heteroatoms. The molecule has 0 atom stereocenters. The van der Waals surface area contributed by atoms with Crippen LogP contribution in [0, 0.1) is 0 Å². The molecule has 0 unspecified atom stereocenters. The van der Waals surface area contributed by atoms with Crippen molar-refractivity contribution in [3.05, 3.63) is 0 Å². The molecule has 0 aliphatic carbocycles. The van der Waals surface area contributed by atoms with Gasteiger partial charge in [0, 0.05) is 19.6 Å². The van der Waals surface area contributed by atoms with Crippen LogP contribution in [0.5, 0.6) is 0 Å². The molecule has 0 fully saturated rings. The summed E-state index contributed by atoms with van der Waals surface area (Å²) in [6.45, 7) is 9.08. The van der Waals surface area contributed by atoms with Gasteiger partial charge >= 0.3 is 8.56 Å². The Labute approximate surface area is 131 Å². The monoisotopic (exact) mass is 342 g/mol. The molecular weight excluding hydrogens is 310 g/mol. The van der Waals surface area contributed by atoms with Crippen LogP contribution in [0.2, 0.25) is 12.6 Å². The summed E-state index contributed by atoms with van der Waals surface area (Å²) in [5, 5.41) is 0. The van der Waals surface area contributed by atoms with E-state index >= 15 is 0 Å². The molecule has 0 saturated heterocycles. The van der Waals surface area contributed by atoms with E-state index in [1.807, 2.05) is 13.8 Å². The Morgan fingerprint density at radius 3 is 1.95 bits per heavy atom. The molecule has 0 spiro atoms. The summed E-state index contributed by atoms with van der Waals surface area (Å²) in [5.41, 5.74) is 0. The van der Waals surface area contributed by atoms with Gasteiger partial charge in [0.15, 0.2) is 0 Å². The second-order valence-electron chi connectivity index (χ2n) is 6.13. The van der Waals surface area contributed by atoms with E-state index in [2.05, 4.69) is 20.6 Å². The highest BCUT2D eigenvalue weighted by Gasteiger charge is 2.31. The maximum atomic E-state index is 10.7. The van der Waals surface area contributed by atoms with Crippen LogP contribution in [0.4, 0.5) is 0 Å². The summed E-state index contributed by atoms with van der Waals surface area (Å²) in [5.74, 6) is -0.168. The van der Waals surface area contributed by atoms with Gasteiger partial charge in [0.25, 0.3) is 10.1 Å². The molecule has 0 radical (unpaired) electrons. The van der Waals surface area contributed by atoms with Crippen LogP contribution >= 0.6 is 0 Å². The molecule has 0 amide bonds. The van der Waals surface area contributed by atoms with Gasteiger partial charge in [-0.25, -0.2) is 0 Å². The average molecular weight is 343 g/mol. The van der Waals surface area contributed by atoms with E-state index in [1.165, 1.54) is 0 Å². The lowest BCUT2D eigenvalue weighted by Gasteiger charge is -2.32. The van der Waals surface area contributed by atoms with E-state index in [0.717, 1.165) is 30.0 Å². The number of nitrogens with zero attached hydrogens (tertiary/aromatic N) is 1. The van der Waals surface area contributed by atoms with Gasteiger partial charge in [-0.15, -0.1) is 0 Å². The van der Waals surface area contributed by atoms with Crippen LogP contribution in [-0.4, -0.2) is 72.2 Å². The zero-order valence-electron chi connectivity index (χ0n) is 14.1. The minimum absolute atomic E-state index is 0.168. The summed E-state index contributed by atoms with van der Waals surface area (Å²) in [6.07, 6.45) is 1.46. The minimum Gasteiger partial charge on any atom is -0.395 e. The van der Waals surface area contributed by atoms with Gasteiger partial charge in [0.1, 0.15) is 0 Å². The quantitative estimate of drug-likeness (QED) is 0.333. The Balaban J connectivity index is 4.17. The molecule has 0 aliphatic heterocycles. The van der Waals surface area contributed by atoms with Gasteiger partial charge in [-0.3, -0.25) is 4.55 Å². The Morgan fingerprint density at radius 1 is 1.05 bits per heavy atom. The first-order valence-electron chi connectivity index (χ1n) is 7.58. The molecule has 0 aromatic heterocycles. The Bertz CT molecular complexity index is 380. The molecule has 6 nitrogen and oxygen atoms in total. The lowest BCUT2D eigenvalue weighted by molar-refractivity contribution is -0.890. The van der Waals surface area contributed by atoms with Crippen LogP contribution in [0.25, 0.3) is 0 Å². The van der Waals surface area contributed by atoms with E-state index in [0.29, 0.717) is 19.6 Å². The lowest BCUT2D eigenvalue weighted by Crippen LogP contribution is -2.44. The largest absolute Gasteiger partial charge is 0.395 e. The van der Waals surface area contributed by atoms with Crippen molar-refractivity contribution < 1.29 is 26.3 Å². The van der Waals surface area contributed by atoms with Crippen LogP contribution in [0.3, 0.4) is 0 Å². The predicted molar refractivity (Wildman–Crippen MR) is 87.2 cm³/mol. The minimum atomic E-state index is -3.85. The zero-order chi connectivity index (χ0) is 16.6. The molecule has 0 heterocycles. The standard InChI is InChI=1S/C13H31NO5SSi/c1-6-18-21(5,19-7-2)13-9-11-14(3,4)10-8-12-20(15,16)17/h6-13H2,1-5H3/p+1. The van der Waals surface area contributed by atoms with Gasteiger partial charge in [0.05, 0.1) is 32.9 Å². The van der Waals surface area contributed by atoms with E-state index in [9.17, 15) is 8.42 Å². The third-order valence-electron chi connectivity index (χ3n) is 3.46. The topological polar surface area (TPSA) is 72.8 Å². The fraction of sp³-hybridized carbons (Fsp3) is 1.00. The van der Waals surface area contributed by atoms with Crippen molar-refractivity contribution in [2.75, 3.05) is 46.2 Å². The maximum absolute atomic E-state index is 10.7. The number of hydrogen-bond donors (Lipinski definition) is 1. The van der Waals surface area contributed by atoms with Crippen molar-refractivity contribution in [1.82, 2.24) is 0 Å². The second-order valence-corrected chi connectivity index (χ2v) is 11.0. The van der Waals surface area contributed by atoms with Crippen molar-refractivity contribution in [2.45, 2.75) is 39.3 Å². The number of hydrogen-bond acceptors (Lipinski definition) is 4. The third-order valence-corrected chi connectivity index (χ3v) is 7.32. The van der Waals surface area contributed by atoms with Gasteiger partial charge in [0.2, 0.25) is 0 Å². The second kappa shape index (κ2) is 9.21. The Kier molecular flexibility index (Phi) is 9.22. The van der Waals surface area contributed by atoms with Crippen molar-refractivity contribution in [3.63, 3.8) is 0 Å². The lowest BCUT2D eigenvalue weighted by atomic mass is 10.3. The molecule has 0 rings (SSSR count). The Morgan fingerprint density at radius 2 is 1.52 bits per heavy atom. The van der Waals surface area contributed by atoms with E-state index in [1.54, 1.807) is 0 Å². The third kappa shape index (κ3) is 11.3. The number of quaternary nitrogens is 1. The van der Waals surface area contributed by atoms with Crippen molar-refractivity contribution >= 4 is 18.7 Å². The summed E-state index contributed by atoms with van der Waals surface area (Å²) in [4.78, 5) is 0. The molecule has 0 aromatic carbocycles. The maximum Gasteiger partial charge on any atom is 0.335 e. The first-order valence-corrected chi connectivity index (χ1v) is 11.7. The van der Waals surface area contributed by atoms with E-state index in [-0.39, 0.29) is 5.75 Å². The zero-order valence-corrected chi connectivity index (χ0v) is 15.9. The Hall–Kier alpha value is 0.00688. The first kappa shape index (κ1) is 21.0. The highest BCUT2D eigenvalue weighted by atomic mass is 32.2. The van der Waals surface area contributed by atoms with Gasteiger partial charge in [-0.1, -0.05) is 0 Å². The average Bonchev–Trinajstić information content (AvgIpc) is 2.26. The van der Waals surface area contributed by atoms with Crippen LogP contribution < -0.4 is 0 Å². The van der Waals surface area contributed by atoms with Gasteiger partial charge in [-0.05, 0) is 32.9 Å². The molecule has 0 aliphatic rings. The summed E-state index contributed by atoms with van der Waals surface area (Å²) in [6, 6.07) is 0.939. The highest BCUT2D eigenvalue weighted by molar-refractivity contribution is 7.85. The molecular formula is C13H32NO5SSi+. The van der Waals surface area contributed by atoms with Crippen molar-refractivity contribution in [1.29, 1.82) is 0 Å². The molecule has 1 N–H and O–H groups in total. The normalized spacial score (nSPS) is 13.6. The van der Waals surface area contributed by atoms with Crippen LogP contribution in [0.15, 0.2) is 0 Å². The summed E-state index contributed by atoms with van der Waals surface area (Å²) >= 11 is 0. The van der Waals surface area contributed by atoms with Crippen LogP contribution in [-0.2, 0) is 19.0 Å². The van der Waals surface area contributed by atoms with Crippen molar-refractivity contribution in [3.8, 4) is 0 Å². The SMILES string of the molecule is CCO[Si](C)(CCC[N+](C)(C)CCCS(=O)(=O)O)OCC. The fourth-order valence-corrected chi connectivity index (χ4v) is 5.30. The summed E-state index contributed by atoms with van der Waals surface area (Å²) < 4.78 is 42.6. The predicted octanol–water partition coefficient (Wildman–Crippen LogP) is 1.88. The number of rotatable bonds is 12. The van der Waals surface area contributed by atoms with Gasteiger partial charge in [-0.2, -0.15) is 8.42 Å². The summed E-state index contributed by atoms with van der Waals surface area (Å²) in [7, 11) is -1.76. The van der Waals surface area contributed by atoms with Gasteiger partial charge < -0.3 is 13.3 Å². The van der Waals surface area contributed by atoms with E-state index in [4.69, 9.17) is 13.4 Å². The van der Waals surface area contributed by atoms with E-state index < -0.39 is 18.7 Å². The molecule has 21 heavy (non-hydrogen) atoms. The first-order chi connectivity index (χ1) is 9.54. The highest BCUT2D eigenvalue weighted by Crippen LogP contribution is 2.17.